The number of nitrogens with one attached hydrogen (secondary N) is 3. The number of rotatable bonds is 7. The smallest absolute Gasteiger partial charge is 0.271 e. The molecule has 4 aromatic rings. The highest BCUT2D eigenvalue weighted by Gasteiger charge is 2.34. The van der Waals surface area contributed by atoms with Crippen molar-refractivity contribution in [3.8, 4) is 16.9 Å². The van der Waals surface area contributed by atoms with Gasteiger partial charge in [0.25, 0.3) is 11.8 Å². The van der Waals surface area contributed by atoms with Gasteiger partial charge < -0.3 is 21.1 Å². The second kappa shape index (κ2) is 10.1. The van der Waals surface area contributed by atoms with Gasteiger partial charge in [0.15, 0.2) is 5.69 Å². The Kier molecular flexibility index (Phi) is 6.70. The molecule has 0 saturated carbocycles. The van der Waals surface area contributed by atoms with Crippen LogP contribution >= 0.6 is 11.6 Å². The molecule has 0 aliphatic carbocycles. The van der Waals surface area contributed by atoms with Gasteiger partial charge in [-0.1, -0.05) is 35.9 Å². The van der Waals surface area contributed by atoms with Gasteiger partial charge in [0.1, 0.15) is 22.9 Å². The fourth-order valence-corrected chi connectivity index (χ4v) is 4.05. The molecule has 0 radical (unpaired) electrons. The summed E-state index contributed by atoms with van der Waals surface area (Å²) in [5.41, 5.74) is 0.219. The number of hydrogen-bond donors (Lipinski definition) is 4. The average molecular weight is 521 g/mol. The van der Waals surface area contributed by atoms with E-state index in [-0.39, 0.29) is 34.3 Å². The lowest BCUT2D eigenvalue weighted by Gasteiger charge is -2.37. The zero-order valence-corrected chi connectivity index (χ0v) is 20.2. The van der Waals surface area contributed by atoms with Crippen molar-refractivity contribution in [2.24, 2.45) is 0 Å². The van der Waals surface area contributed by atoms with Crippen LogP contribution in [0.2, 0.25) is 5.02 Å². The van der Waals surface area contributed by atoms with Crippen LogP contribution in [-0.4, -0.2) is 56.9 Å². The molecule has 1 fully saturated rings. The van der Waals surface area contributed by atoms with E-state index >= 15 is 0 Å². The number of benzene rings is 2. The summed E-state index contributed by atoms with van der Waals surface area (Å²) in [7, 11) is 0. The molecule has 2 aromatic heterocycles. The van der Waals surface area contributed by atoms with Gasteiger partial charge in [-0.3, -0.25) is 14.6 Å². The number of pyridine rings is 1. The first-order chi connectivity index (χ1) is 17.8. The fourth-order valence-electron chi connectivity index (χ4n) is 3.85. The molecule has 0 unspecified atom stereocenters. The minimum Gasteiger partial charge on any atom is -0.385 e. The number of amides is 2. The largest absolute Gasteiger partial charge is 0.385 e. The van der Waals surface area contributed by atoms with Crippen LogP contribution in [0.3, 0.4) is 0 Å². The molecule has 0 bridgehead atoms. The SMILES string of the molecule is O=C(NCC1(O)CNC1)c1cc(NC(=O)c2cc(-c3ncccc3F)ccc2Cl)n(-c2ccccc2)n1. The van der Waals surface area contributed by atoms with Gasteiger partial charge in [0, 0.05) is 37.5 Å². The second-order valence-electron chi connectivity index (χ2n) is 8.66. The summed E-state index contributed by atoms with van der Waals surface area (Å²) >= 11 is 6.31. The zero-order chi connectivity index (χ0) is 26.0. The van der Waals surface area contributed by atoms with E-state index in [0.717, 1.165) is 0 Å². The Morgan fingerprint density at radius 3 is 2.57 bits per heavy atom. The van der Waals surface area contributed by atoms with Crippen LogP contribution in [0.5, 0.6) is 0 Å². The van der Waals surface area contributed by atoms with Gasteiger partial charge in [0.05, 0.1) is 16.3 Å². The molecular weight excluding hydrogens is 499 g/mol. The molecule has 2 amide bonds. The third kappa shape index (κ3) is 5.21. The zero-order valence-electron chi connectivity index (χ0n) is 19.4. The Morgan fingerprint density at radius 2 is 1.86 bits per heavy atom. The Balaban J connectivity index is 1.44. The molecule has 5 rings (SSSR count). The molecule has 9 nitrogen and oxygen atoms in total. The first-order valence-electron chi connectivity index (χ1n) is 11.4. The van der Waals surface area contributed by atoms with E-state index in [1.165, 1.54) is 41.2 Å². The van der Waals surface area contributed by atoms with Crippen molar-refractivity contribution < 1.29 is 19.1 Å². The highest BCUT2D eigenvalue weighted by molar-refractivity contribution is 6.34. The van der Waals surface area contributed by atoms with Crippen LogP contribution in [0, 0.1) is 5.82 Å². The van der Waals surface area contributed by atoms with E-state index < -0.39 is 23.2 Å². The summed E-state index contributed by atoms with van der Waals surface area (Å²) in [4.78, 5) is 30.1. The average Bonchev–Trinajstić information content (AvgIpc) is 3.31. The predicted molar refractivity (Wildman–Crippen MR) is 136 cm³/mol. The number of aliphatic hydroxyl groups is 1. The molecule has 1 saturated heterocycles. The maximum Gasteiger partial charge on any atom is 0.271 e. The lowest BCUT2D eigenvalue weighted by Crippen LogP contribution is -2.64. The van der Waals surface area contributed by atoms with Gasteiger partial charge in [-0.25, -0.2) is 9.07 Å². The normalized spacial score (nSPS) is 14.0. The Morgan fingerprint density at radius 1 is 1.08 bits per heavy atom. The minimum atomic E-state index is -0.996. The number of carbonyl (C=O) groups is 2. The number of hydrogen-bond acceptors (Lipinski definition) is 6. The standard InChI is InChI=1S/C26H22ClFN6O3/c27-19-9-8-16(23-20(28)7-4-10-30-23)11-18(19)24(35)32-22-12-21(25(36)31-15-26(37)13-29-14-26)33-34(22)17-5-2-1-3-6-17/h1-12,29,37H,13-15H2,(H,31,36)(H,32,35). The highest BCUT2D eigenvalue weighted by atomic mass is 35.5. The summed E-state index contributed by atoms with van der Waals surface area (Å²) in [6, 6.07) is 17.7. The summed E-state index contributed by atoms with van der Waals surface area (Å²) in [5, 5.41) is 23.1. The van der Waals surface area contributed by atoms with Crippen molar-refractivity contribution in [2.45, 2.75) is 5.60 Å². The molecule has 37 heavy (non-hydrogen) atoms. The monoisotopic (exact) mass is 520 g/mol. The number of carbonyl (C=O) groups excluding carboxylic acids is 2. The molecule has 0 atom stereocenters. The summed E-state index contributed by atoms with van der Waals surface area (Å²) in [6.45, 7) is 0.829. The fraction of sp³-hybridized carbons (Fsp3) is 0.154. The van der Waals surface area contributed by atoms with Gasteiger partial charge in [-0.2, -0.15) is 5.10 Å². The third-order valence-corrected chi connectivity index (χ3v) is 6.24. The van der Waals surface area contributed by atoms with Crippen molar-refractivity contribution in [3.05, 3.63) is 95.0 Å². The van der Waals surface area contributed by atoms with Crippen LogP contribution in [0.25, 0.3) is 16.9 Å². The Hall–Kier alpha value is -4.12. The number of halogens is 2. The van der Waals surface area contributed by atoms with Gasteiger partial charge >= 0.3 is 0 Å². The van der Waals surface area contributed by atoms with Crippen molar-refractivity contribution in [1.82, 2.24) is 25.4 Å². The molecule has 3 heterocycles. The molecule has 188 valence electrons. The Labute approximate surface area is 216 Å². The summed E-state index contributed by atoms with van der Waals surface area (Å²) in [5.74, 6) is -1.40. The predicted octanol–water partition coefficient (Wildman–Crippen LogP) is 3.04. The molecule has 1 aliphatic rings. The number of aromatic nitrogens is 3. The van der Waals surface area contributed by atoms with Gasteiger partial charge in [-0.05, 0) is 36.4 Å². The Bertz CT molecular complexity index is 1470. The molecule has 2 aromatic carbocycles. The van der Waals surface area contributed by atoms with E-state index in [1.54, 1.807) is 30.3 Å². The summed E-state index contributed by atoms with van der Waals surface area (Å²) in [6.07, 6.45) is 1.46. The van der Waals surface area contributed by atoms with Crippen LogP contribution in [0.1, 0.15) is 20.8 Å². The van der Waals surface area contributed by atoms with E-state index in [0.29, 0.717) is 24.3 Å². The molecule has 1 aliphatic heterocycles. The van der Waals surface area contributed by atoms with Crippen LogP contribution in [-0.2, 0) is 0 Å². The lowest BCUT2D eigenvalue weighted by molar-refractivity contribution is -0.00763. The lowest BCUT2D eigenvalue weighted by atomic mass is 9.97. The molecule has 4 N–H and O–H groups in total. The maximum absolute atomic E-state index is 14.3. The first-order valence-corrected chi connectivity index (χ1v) is 11.8. The van der Waals surface area contributed by atoms with Crippen LogP contribution in [0.4, 0.5) is 10.2 Å². The maximum atomic E-state index is 14.3. The molecule has 0 spiro atoms. The van der Waals surface area contributed by atoms with Crippen LogP contribution < -0.4 is 16.0 Å². The van der Waals surface area contributed by atoms with Crippen molar-refractivity contribution in [3.63, 3.8) is 0 Å². The second-order valence-corrected chi connectivity index (χ2v) is 9.06. The van der Waals surface area contributed by atoms with Gasteiger partial charge in [0.2, 0.25) is 0 Å². The van der Waals surface area contributed by atoms with E-state index in [2.05, 4.69) is 26.0 Å². The van der Waals surface area contributed by atoms with Crippen molar-refractivity contribution >= 4 is 29.2 Å². The van der Waals surface area contributed by atoms with Crippen LogP contribution in [0.15, 0.2) is 72.9 Å². The summed E-state index contributed by atoms with van der Waals surface area (Å²) < 4.78 is 15.7. The molecular formula is C26H22ClFN6O3. The quantitative estimate of drug-likeness (QED) is 0.297. The van der Waals surface area contributed by atoms with Gasteiger partial charge in [-0.15, -0.1) is 0 Å². The minimum absolute atomic E-state index is 0.0467. The number of para-hydroxylation sites is 1. The number of β-amino-alcohol motifs (C(OH)–C–C–N with tert-alkyl or cyclic N) is 1. The van der Waals surface area contributed by atoms with E-state index in [1.807, 2.05) is 6.07 Å². The topological polar surface area (TPSA) is 121 Å². The highest BCUT2D eigenvalue weighted by Crippen LogP contribution is 2.27. The number of nitrogens with zero attached hydrogens (tertiary/aromatic N) is 3. The molecule has 11 heteroatoms. The number of anilines is 1. The van der Waals surface area contributed by atoms with Crippen molar-refractivity contribution in [2.75, 3.05) is 25.0 Å². The first kappa shape index (κ1) is 24.6. The third-order valence-electron chi connectivity index (χ3n) is 5.91. The van der Waals surface area contributed by atoms with Crippen molar-refractivity contribution in [1.29, 1.82) is 0 Å². The van der Waals surface area contributed by atoms with E-state index in [4.69, 9.17) is 11.6 Å². The van der Waals surface area contributed by atoms with E-state index in [9.17, 15) is 19.1 Å².